The standard InChI is InChI=1S/C6H15N.C3H8.C2H6/c1-4-5-6-7(2)3;1-3-2;1-2/h4-6H2,1-3H3;3H2,1-2H3;1-2H3. The van der Waals surface area contributed by atoms with Crippen molar-refractivity contribution in [2.24, 2.45) is 0 Å². The fourth-order valence-corrected chi connectivity index (χ4v) is 0.474. The zero-order chi connectivity index (χ0) is 10.4. The van der Waals surface area contributed by atoms with Gasteiger partial charge in [0.15, 0.2) is 0 Å². The highest BCUT2D eigenvalue weighted by Crippen LogP contribution is 1.86. The Balaban J connectivity index is -0.000000137. The molecule has 0 spiro atoms. The van der Waals surface area contributed by atoms with E-state index in [1.54, 1.807) is 0 Å². The zero-order valence-corrected chi connectivity index (χ0v) is 10.3. The van der Waals surface area contributed by atoms with Crippen LogP contribution in [-0.4, -0.2) is 25.5 Å². The smallest absolute Gasteiger partial charge is 0.00249 e. The minimum Gasteiger partial charge on any atom is -0.309 e. The lowest BCUT2D eigenvalue weighted by molar-refractivity contribution is 0.398. The van der Waals surface area contributed by atoms with Gasteiger partial charge in [0, 0.05) is 0 Å². The second-order valence-corrected chi connectivity index (χ2v) is 2.86. The second-order valence-electron chi connectivity index (χ2n) is 2.86. The molecule has 0 radical (unpaired) electrons. The van der Waals surface area contributed by atoms with Crippen molar-refractivity contribution >= 4 is 0 Å². The third-order valence-corrected chi connectivity index (χ3v) is 0.959. The first-order valence-corrected chi connectivity index (χ1v) is 5.33. The first-order chi connectivity index (χ1) is 5.68. The van der Waals surface area contributed by atoms with Crippen molar-refractivity contribution in [3.05, 3.63) is 0 Å². The highest BCUT2D eigenvalue weighted by atomic mass is 15.0. The maximum Gasteiger partial charge on any atom is -0.00249 e. The van der Waals surface area contributed by atoms with E-state index >= 15 is 0 Å². The Kier molecular flexibility index (Phi) is 33.5. The van der Waals surface area contributed by atoms with E-state index in [1.165, 1.54) is 25.8 Å². The summed E-state index contributed by atoms with van der Waals surface area (Å²) in [5, 5.41) is 0. The molecule has 0 aliphatic heterocycles. The number of hydrogen-bond donors (Lipinski definition) is 0. The van der Waals surface area contributed by atoms with Crippen LogP contribution in [0.5, 0.6) is 0 Å². The molecule has 0 aliphatic carbocycles. The molecule has 0 bridgehead atoms. The highest BCUT2D eigenvalue weighted by molar-refractivity contribution is 4.39. The largest absolute Gasteiger partial charge is 0.309 e. The summed E-state index contributed by atoms with van der Waals surface area (Å²) in [6.07, 6.45) is 3.88. The summed E-state index contributed by atoms with van der Waals surface area (Å²) in [5.41, 5.74) is 0. The van der Waals surface area contributed by atoms with E-state index < -0.39 is 0 Å². The summed E-state index contributed by atoms with van der Waals surface area (Å²) in [7, 11) is 4.21. The molecule has 0 aromatic carbocycles. The van der Waals surface area contributed by atoms with Crippen molar-refractivity contribution in [3.8, 4) is 0 Å². The van der Waals surface area contributed by atoms with Crippen LogP contribution < -0.4 is 0 Å². The number of nitrogens with zero attached hydrogens (tertiary/aromatic N) is 1. The Morgan fingerprint density at radius 2 is 1.25 bits per heavy atom. The number of hydrogen-bond acceptors (Lipinski definition) is 1. The van der Waals surface area contributed by atoms with Crippen LogP contribution in [0, 0.1) is 0 Å². The van der Waals surface area contributed by atoms with Crippen molar-refractivity contribution in [1.29, 1.82) is 0 Å². The van der Waals surface area contributed by atoms with Gasteiger partial charge in [-0.3, -0.25) is 0 Å². The molecule has 0 fully saturated rings. The molecule has 0 aromatic heterocycles. The molecule has 78 valence electrons. The van der Waals surface area contributed by atoms with Gasteiger partial charge >= 0.3 is 0 Å². The molecule has 0 aromatic rings. The maximum absolute atomic E-state index is 2.21. The molecule has 0 atom stereocenters. The predicted molar refractivity (Wildman–Crippen MR) is 60.8 cm³/mol. The summed E-state index contributed by atoms with van der Waals surface area (Å²) in [5.74, 6) is 0. The SMILES string of the molecule is CC.CCC.CCCCN(C)C. The Hall–Kier alpha value is -0.0400. The molecule has 0 saturated heterocycles. The molecule has 1 nitrogen and oxygen atoms in total. The van der Waals surface area contributed by atoms with E-state index in [9.17, 15) is 0 Å². The molecule has 0 heterocycles. The Morgan fingerprint density at radius 3 is 1.33 bits per heavy atom. The molecule has 0 unspecified atom stereocenters. The van der Waals surface area contributed by atoms with E-state index in [0.29, 0.717) is 0 Å². The first-order valence-electron chi connectivity index (χ1n) is 5.33. The van der Waals surface area contributed by atoms with Crippen molar-refractivity contribution in [2.75, 3.05) is 20.6 Å². The van der Waals surface area contributed by atoms with E-state index in [1.807, 2.05) is 13.8 Å². The normalized spacial score (nSPS) is 8.00. The third-order valence-electron chi connectivity index (χ3n) is 0.959. The van der Waals surface area contributed by atoms with Gasteiger partial charge in [0.1, 0.15) is 0 Å². The lowest BCUT2D eigenvalue weighted by atomic mass is 10.3. The van der Waals surface area contributed by atoms with Crippen molar-refractivity contribution < 1.29 is 0 Å². The van der Waals surface area contributed by atoms with Crippen molar-refractivity contribution in [3.63, 3.8) is 0 Å². The van der Waals surface area contributed by atoms with E-state index in [0.717, 1.165) is 0 Å². The zero-order valence-electron chi connectivity index (χ0n) is 10.3. The van der Waals surface area contributed by atoms with Crippen LogP contribution in [0.25, 0.3) is 0 Å². The van der Waals surface area contributed by atoms with E-state index in [2.05, 4.69) is 39.8 Å². The number of unbranched alkanes of at least 4 members (excludes halogenated alkanes) is 1. The van der Waals surface area contributed by atoms with Gasteiger partial charge in [0.2, 0.25) is 0 Å². The van der Waals surface area contributed by atoms with Gasteiger partial charge < -0.3 is 4.90 Å². The summed E-state index contributed by atoms with van der Waals surface area (Å²) >= 11 is 0. The fraction of sp³-hybridized carbons (Fsp3) is 1.00. The third kappa shape index (κ3) is 51.0. The van der Waals surface area contributed by atoms with Gasteiger partial charge in [-0.1, -0.05) is 47.5 Å². The lowest BCUT2D eigenvalue weighted by Gasteiger charge is -2.05. The topological polar surface area (TPSA) is 3.24 Å². The molecule has 1 heteroatoms. The van der Waals surface area contributed by atoms with Gasteiger partial charge in [-0.15, -0.1) is 0 Å². The Bertz CT molecular complexity index is 42.3. The number of rotatable bonds is 3. The minimum atomic E-state index is 1.23. The van der Waals surface area contributed by atoms with Crippen LogP contribution in [0.4, 0.5) is 0 Å². The average Bonchev–Trinajstić information content (AvgIpc) is 2.06. The van der Waals surface area contributed by atoms with Crippen molar-refractivity contribution in [2.45, 2.75) is 53.9 Å². The van der Waals surface area contributed by atoms with Crippen LogP contribution >= 0.6 is 0 Å². The Morgan fingerprint density at radius 1 is 0.917 bits per heavy atom. The molecule has 0 rings (SSSR count). The quantitative estimate of drug-likeness (QED) is 0.631. The van der Waals surface area contributed by atoms with Crippen LogP contribution in [0.3, 0.4) is 0 Å². The summed E-state index contributed by atoms with van der Waals surface area (Å²) in [6.45, 7) is 11.7. The molecule has 0 aliphatic rings. The van der Waals surface area contributed by atoms with Gasteiger partial charge in [-0.05, 0) is 27.1 Å². The predicted octanol–water partition coefficient (Wildman–Crippen LogP) is 3.79. The molecule has 0 saturated carbocycles. The van der Waals surface area contributed by atoms with Gasteiger partial charge in [0.25, 0.3) is 0 Å². The van der Waals surface area contributed by atoms with E-state index in [-0.39, 0.29) is 0 Å². The second kappa shape index (κ2) is 22.4. The first kappa shape index (κ1) is 17.9. The highest BCUT2D eigenvalue weighted by Gasteiger charge is 1.83. The molecule has 12 heavy (non-hydrogen) atoms. The van der Waals surface area contributed by atoms with Gasteiger partial charge in [-0.2, -0.15) is 0 Å². The Labute approximate surface area is 80.2 Å². The maximum atomic E-state index is 2.21. The van der Waals surface area contributed by atoms with Crippen molar-refractivity contribution in [1.82, 2.24) is 4.90 Å². The average molecular weight is 175 g/mol. The molecular weight excluding hydrogens is 146 g/mol. The van der Waals surface area contributed by atoms with Crippen LogP contribution in [0.1, 0.15) is 53.9 Å². The van der Waals surface area contributed by atoms with Gasteiger partial charge in [-0.25, -0.2) is 0 Å². The summed E-state index contributed by atoms with van der Waals surface area (Å²) < 4.78 is 0. The van der Waals surface area contributed by atoms with Crippen LogP contribution in [0.2, 0.25) is 0 Å². The lowest BCUT2D eigenvalue weighted by Crippen LogP contribution is -2.12. The summed E-state index contributed by atoms with van der Waals surface area (Å²) in [4.78, 5) is 2.21. The summed E-state index contributed by atoms with van der Waals surface area (Å²) in [6, 6.07) is 0. The van der Waals surface area contributed by atoms with Crippen LogP contribution in [0.15, 0.2) is 0 Å². The molecule has 0 N–H and O–H groups in total. The molecular formula is C11H29N. The van der Waals surface area contributed by atoms with Crippen LogP contribution in [-0.2, 0) is 0 Å². The van der Waals surface area contributed by atoms with E-state index in [4.69, 9.17) is 0 Å². The minimum absolute atomic E-state index is 1.23. The monoisotopic (exact) mass is 175 g/mol. The van der Waals surface area contributed by atoms with Gasteiger partial charge in [0.05, 0.1) is 0 Å². The molecule has 0 amide bonds. The fourth-order valence-electron chi connectivity index (χ4n) is 0.474.